The average Bonchev–Trinajstić information content (AvgIpc) is 3.37. The molecule has 3 N–H and O–H groups in total. The number of thioether (sulfide) groups is 1. The molecule has 14 heteroatoms. The SMILES string of the molecule is Cc1n[nH]c(Nc2ncnc3cc(OCCN4CCN(c5ncc(OC[C@H]6CNCCO6)cn5)CC4)c(SC(C)(C)C)cc23)c1C. The Balaban J connectivity index is 1.04. The van der Waals surface area contributed by atoms with Gasteiger partial charge in [0.1, 0.15) is 43.0 Å². The molecular weight excluding hydrogens is 604 g/mol. The van der Waals surface area contributed by atoms with E-state index in [1.807, 2.05) is 19.9 Å². The fourth-order valence-electron chi connectivity index (χ4n) is 5.33. The van der Waals surface area contributed by atoms with Crippen molar-refractivity contribution in [1.82, 2.24) is 40.3 Å². The van der Waals surface area contributed by atoms with E-state index in [0.717, 1.165) is 96.2 Å². The van der Waals surface area contributed by atoms with Crippen LogP contribution < -0.4 is 25.0 Å². The minimum absolute atomic E-state index is 0.00387. The summed E-state index contributed by atoms with van der Waals surface area (Å²) in [4.78, 5) is 23.9. The summed E-state index contributed by atoms with van der Waals surface area (Å²) in [5.41, 5.74) is 2.84. The summed E-state index contributed by atoms with van der Waals surface area (Å²) in [5, 5.41) is 15.0. The number of H-pyrrole nitrogens is 1. The van der Waals surface area contributed by atoms with Crippen LogP contribution in [0.25, 0.3) is 10.9 Å². The summed E-state index contributed by atoms with van der Waals surface area (Å²) in [6.07, 6.45) is 5.14. The van der Waals surface area contributed by atoms with E-state index < -0.39 is 0 Å². The Morgan fingerprint density at radius 1 is 1.04 bits per heavy atom. The Morgan fingerprint density at radius 2 is 1.85 bits per heavy atom. The molecule has 2 aliphatic rings. The summed E-state index contributed by atoms with van der Waals surface area (Å²) in [6, 6.07) is 4.17. The minimum Gasteiger partial charge on any atom is -0.491 e. The van der Waals surface area contributed by atoms with Crippen molar-refractivity contribution in [2.45, 2.75) is 50.4 Å². The van der Waals surface area contributed by atoms with Crippen molar-refractivity contribution in [2.24, 2.45) is 0 Å². The van der Waals surface area contributed by atoms with Crippen LogP contribution in [0.3, 0.4) is 0 Å². The van der Waals surface area contributed by atoms with E-state index in [1.165, 1.54) is 0 Å². The summed E-state index contributed by atoms with van der Waals surface area (Å²) in [7, 11) is 0. The molecule has 6 rings (SSSR count). The van der Waals surface area contributed by atoms with Crippen molar-refractivity contribution < 1.29 is 14.2 Å². The molecule has 4 aromatic rings. The van der Waals surface area contributed by atoms with Gasteiger partial charge in [0.15, 0.2) is 5.75 Å². The molecular formula is C32H44N10O3S. The Morgan fingerprint density at radius 3 is 2.54 bits per heavy atom. The maximum absolute atomic E-state index is 6.44. The smallest absolute Gasteiger partial charge is 0.225 e. The second-order valence-corrected chi connectivity index (χ2v) is 14.5. The highest BCUT2D eigenvalue weighted by Gasteiger charge is 2.22. The van der Waals surface area contributed by atoms with Crippen molar-refractivity contribution in [3.63, 3.8) is 0 Å². The maximum atomic E-state index is 6.44. The fourth-order valence-corrected chi connectivity index (χ4v) is 6.39. The summed E-state index contributed by atoms with van der Waals surface area (Å²) < 4.78 is 18.0. The molecule has 0 amide bonds. The molecule has 0 aliphatic carbocycles. The number of ether oxygens (including phenoxy) is 3. The number of fused-ring (bicyclic) bond motifs is 1. The van der Waals surface area contributed by atoms with Crippen LogP contribution in [0.5, 0.6) is 11.5 Å². The van der Waals surface area contributed by atoms with Gasteiger partial charge in [-0.3, -0.25) is 10.00 Å². The van der Waals surface area contributed by atoms with Crippen LogP contribution in [-0.4, -0.2) is 112 Å². The highest BCUT2D eigenvalue weighted by Crippen LogP contribution is 2.41. The molecule has 0 spiro atoms. The molecule has 3 aromatic heterocycles. The van der Waals surface area contributed by atoms with Gasteiger partial charge in [-0.2, -0.15) is 5.10 Å². The highest BCUT2D eigenvalue weighted by molar-refractivity contribution is 8.00. The third kappa shape index (κ3) is 8.16. The molecule has 2 saturated heterocycles. The minimum atomic E-state index is -0.00387. The molecule has 46 heavy (non-hydrogen) atoms. The Kier molecular flexibility index (Phi) is 10.1. The van der Waals surface area contributed by atoms with E-state index in [1.54, 1.807) is 30.5 Å². The van der Waals surface area contributed by atoms with Gasteiger partial charge in [-0.1, -0.05) is 20.8 Å². The first kappa shape index (κ1) is 32.2. The number of morpholine rings is 1. The first-order chi connectivity index (χ1) is 22.2. The lowest BCUT2D eigenvalue weighted by atomic mass is 10.2. The lowest BCUT2D eigenvalue weighted by Crippen LogP contribution is -2.48. The van der Waals surface area contributed by atoms with Crippen molar-refractivity contribution in [3.8, 4) is 11.5 Å². The van der Waals surface area contributed by atoms with Gasteiger partial charge in [0.05, 0.1) is 35.1 Å². The molecule has 1 atom stereocenters. The van der Waals surface area contributed by atoms with E-state index in [4.69, 9.17) is 14.2 Å². The number of hydrogen-bond donors (Lipinski definition) is 3. The molecule has 0 unspecified atom stereocenters. The number of nitrogens with zero attached hydrogens (tertiary/aromatic N) is 7. The topological polar surface area (TPSA) is 138 Å². The van der Waals surface area contributed by atoms with Crippen LogP contribution in [0, 0.1) is 13.8 Å². The summed E-state index contributed by atoms with van der Waals surface area (Å²) in [6.45, 7) is 18.4. The van der Waals surface area contributed by atoms with Crippen LogP contribution >= 0.6 is 11.8 Å². The number of aromatic nitrogens is 6. The van der Waals surface area contributed by atoms with Crippen LogP contribution in [0.2, 0.25) is 0 Å². The van der Waals surface area contributed by atoms with E-state index in [2.05, 4.69) is 77.4 Å². The molecule has 0 saturated carbocycles. The standard InChI is InChI=1S/C32H44N10O3S/c1-21-22(2)39-40-29(21)38-30-25-14-28(46-32(3,4)5)27(15-26(25)36-20-37-30)44-13-11-41-7-9-42(10-8-41)31-34-17-23(18-35-31)45-19-24-16-33-6-12-43-24/h14-15,17-18,20,24,33H,6-13,16,19H2,1-5H3,(H2,36,37,38,39,40)/t24-/m1/s1. The number of aromatic amines is 1. The zero-order chi connectivity index (χ0) is 32.1. The number of aryl methyl sites for hydroxylation is 1. The summed E-state index contributed by atoms with van der Waals surface area (Å²) >= 11 is 1.78. The zero-order valence-corrected chi connectivity index (χ0v) is 28.1. The van der Waals surface area contributed by atoms with Gasteiger partial charge in [0.25, 0.3) is 0 Å². The monoisotopic (exact) mass is 648 g/mol. The zero-order valence-electron chi connectivity index (χ0n) is 27.3. The van der Waals surface area contributed by atoms with Gasteiger partial charge in [-0.05, 0) is 19.9 Å². The predicted molar refractivity (Wildman–Crippen MR) is 181 cm³/mol. The van der Waals surface area contributed by atoms with E-state index in [0.29, 0.717) is 25.6 Å². The van der Waals surface area contributed by atoms with E-state index in [-0.39, 0.29) is 10.9 Å². The van der Waals surface area contributed by atoms with E-state index in [9.17, 15) is 0 Å². The number of rotatable bonds is 11. The molecule has 0 radical (unpaired) electrons. The number of benzene rings is 1. The molecule has 246 valence electrons. The number of hydrogen-bond acceptors (Lipinski definition) is 13. The molecule has 5 heterocycles. The highest BCUT2D eigenvalue weighted by atomic mass is 32.2. The van der Waals surface area contributed by atoms with Gasteiger partial charge < -0.3 is 29.7 Å². The molecule has 2 aliphatic heterocycles. The van der Waals surface area contributed by atoms with Crippen LogP contribution in [-0.2, 0) is 4.74 Å². The second kappa shape index (κ2) is 14.4. The van der Waals surface area contributed by atoms with Gasteiger partial charge >= 0.3 is 0 Å². The number of nitrogens with one attached hydrogen (secondary N) is 3. The molecule has 1 aromatic carbocycles. The third-order valence-electron chi connectivity index (χ3n) is 7.99. The summed E-state index contributed by atoms with van der Waals surface area (Å²) in [5.74, 6) is 3.79. The molecule has 2 fully saturated rings. The van der Waals surface area contributed by atoms with Crippen LogP contribution in [0.1, 0.15) is 32.0 Å². The average molecular weight is 649 g/mol. The van der Waals surface area contributed by atoms with Gasteiger partial charge in [0, 0.05) is 67.6 Å². The lowest BCUT2D eigenvalue weighted by Gasteiger charge is -2.34. The van der Waals surface area contributed by atoms with Crippen molar-refractivity contribution >= 4 is 40.2 Å². The first-order valence-corrected chi connectivity index (χ1v) is 16.7. The second-order valence-electron chi connectivity index (χ2n) is 12.6. The Bertz CT molecular complexity index is 1600. The Hall–Kier alpha value is -3.72. The third-order valence-corrected chi connectivity index (χ3v) is 9.14. The van der Waals surface area contributed by atoms with Gasteiger partial charge in [-0.15, -0.1) is 11.8 Å². The predicted octanol–water partition coefficient (Wildman–Crippen LogP) is 3.96. The number of anilines is 3. The van der Waals surface area contributed by atoms with Crippen molar-refractivity contribution in [1.29, 1.82) is 0 Å². The van der Waals surface area contributed by atoms with Crippen molar-refractivity contribution in [2.75, 3.05) is 75.9 Å². The van der Waals surface area contributed by atoms with Crippen LogP contribution in [0.15, 0.2) is 35.7 Å². The molecule has 0 bridgehead atoms. The largest absolute Gasteiger partial charge is 0.491 e. The number of piperazine rings is 1. The molecule has 13 nitrogen and oxygen atoms in total. The quantitative estimate of drug-likeness (QED) is 0.203. The van der Waals surface area contributed by atoms with E-state index >= 15 is 0 Å². The van der Waals surface area contributed by atoms with Gasteiger partial charge in [0.2, 0.25) is 5.95 Å². The lowest BCUT2D eigenvalue weighted by molar-refractivity contribution is 0.0000540. The Labute approximate surface area is 274 Å². The van der Waals surface area contributed by atoms with Gasteiger partial charge in [-0.25, -0.2) is 19.9 Å². The van der Waals surface area contributed by atoms with Crippen molar-refractivity contribution in [3.05, 3.63) is 42.1 Å². The maximum Gasteiger partial charge on any atom is 0.225 e. The van der Waals surface area contributed by atoms with Crippen LogP contribution in [0.4, 0.5) is 17.6 Å². The normalized spacial score (nSPS) is 17.8. The fraction of sp³-hybridized carbons (Fsp3) is 0.531. The first-order valence-electron chi connectivity index (χ1n) is 15.9.